The van der Waals surface area contributed by atoms with E-state index in [4.69, 9.17) is 5.73 Å². The van der Waals surface area contributed by atoms with Crippen LogP contribution in [-0.4, -0.2) is 19.7 Å². The molecule has 0 bridgehead atoms. The van der Waals surface area contributed by atoms with Crippen LogP contribution in [0.25, 0.3) is 11.0 Å². The first-order valence-corrected chi connectivity index (χ1v) is 6.14. The molecule has 5 heteroatoms. The molecule has 19 heavy (non-hydrogen) atoms. The molecule has 2 heterocycles. The van der Waals surface area contributed by atoms with Gasteiger partial charge in [-0.2, -0.15) is 5.10 Å². The second kappa shape index (κ2) is 4.35. The molecule has 0 radical (unpaired) electrons. The summed E-state index contributed by atoms with van der Waals surface area (Å²) in [6, 6.07) is 8.38. The van der Waals surface area contributed by atoms with Crippen molar-refractivity contribution in [2.24, 2.45) is 0 Å². The summed E-state index contributed by atoms with van der Waals surface area (Å²) in [6.45, 7) is 4.59. The summed E-state index contributed by atoms with van der Waals surface area (Å²) in [5.74, 6) is 1.15. The van der Waals surface area contributed by atoms with Crippen LogP contribution < -0.4 is 5.73 Å². The minimum Gasteiger partial charge on any atom is -0.383 e. The fourth-order valence-electron chi connectivity index (χ4n) is 2.07. The second-order valence-electron chi connectivity index (χ2n) is 4.68. The number of rotatable bonds is 2. The molecule has 0 amide bonds. The number of hydrogen-bond donors (Lipinski definition) is 1. The number of benzene rings is 1. The molecule has 3 rings (SSSR count). The standard InChI is InChI=1S/C14H15N5/c1-9-3-5-11(6-4-9)8-19-14-12(7-16-19)13(15)17-10(2)18-14/h3-7H,8H2,1-2H3,(H2,15,17,18). The lowest BCUT2D eigenvalue weighted by atomic mass is 10.1. The van der Waals surface area contributed by atoms with Crippen molar-refractivity contribution in [3.63, 3.8) is 0 Å². The van der Waals surface area contributed by atoms with Gasteiger partial charge in [-0.1, -0.05) is 29.8 Å². The molecule has 2 N–H and O–H groups in total. The summed E-state index contributed by atoms with van der Waals surface area (Å²) in [5.41, 5.74) is 9.09. The third kappa shape index (κ3) is 2.14. The molecular formula is C14H15N5. The van der Waals surface area contributed by atoms with Crippen LogP contribution in [0.2, 0.25) is 0 Å². The van der Waals surface area contributed by atoms with E-state index in [0.717, 1.165) is 11.0 Å². The monoisotopic (exact) mass is 253 g/mol. The maximum absolute atomic E-state index is 5.88. The van der Waals surface area contributed by atoms with Crippen LogP contribution in [0.4, 0.5) is 5.82 Å². The maximum Gasteiger partial charge on any atom is 0.163 e. The fourth-order valence-corrected chi connectivity index (χ4v) is 2.07. The van der Waals surface area contributed by atoms with Crippen molar-refractivity contribution in [1.82, 2.24) is 19.7 Å². The molecular weight excluding hydrogens is 238 g/mol. The first kappa shape index (κ1) is 11.6. The molecule has 0 unspecified atom stereocenters. The van der Waals surface area contributed by atoms with Crippen LogP contribution >= 0.6 is 0 Å². The SMILES string of the molecule is Cc1ccc(Cn2ncc3c(N)nc(C)nc32)cc1. The number of nitrogens with zero attached hydrogens (tertiary/aromatic N) is 4. The lowest BCUT2D eigenvalue weighted by Crippen LogP contribution is -2.04. The first-order chi connectivity index (χ1) is 9.13. The van der Waals surface area contributed by atoms with Gasteiger partial charge in [-0.15, -0.1) is 0 Å². The molecule has 0 saturated heterocycles. The van der Waals surface area contributed by atoms with E-state index in [0.29, 0.717) is 18.2 Å². The van der Waals surface area contributed by atoms with Crippen LogP contribution in [0.3, 0.4) is 0 Å². The van der Waals surface area contributed by atoms with Crippen LogP contribution in [0.1, 0.15) is 17.0 Å². The van der Waals surface area contributed by atoms with E-state index in [2.05, 4.69) is 46.3 Å². The zero-order chi connectivity index (χ0) is 13.4. The Balaban J connectivity index is 2.03. The fraction of sp³-hybridized carbons (Fsp3) is 0.214. The number of anilines is 1. The van der Waals surface area contributed by atoms with Gasteiger partial charge < -0.3 is 5.73 Å². The van der Waals surface area contributed by atoms with Gasteiger partial charge in [-0.25, -0.2) is 14.6 Å². The summed E-state index contributed by atoms with van der Waals surface area (Å²) in [7, 11) is 0. The Morgan fingerprint density at radius 2 is 1.84 bits per heavy atom. The molecule has 0 aliphatic rings. The maximum atomic E-state index is 5.88. The Morgan fingerprint density at radius 3 is 2.58 bits per heavy atom. The third-order valence-corrected chi connectivity index (χ3v) is 3.09. The number of nitrogen functional groups attached to an aromatic ring is 1. The first-order valence-electron chi connectivity index (χ1n) is 6.14. The van der Waals surface area contributed by atoms with Crippen molar-refractivity contribution in [2.75, 3.05) is 5.73 Å². The minimum atomic E-state index is 0.484. The van der Waals surface area contributed by atoms with Crippen molar-refractivity contribution < 1.29 is 0 Å². The predicted molar refractivity (Wildman–Crippen MR) is 74.8 cm³/mol. The Labute approximate surface area is 111 Å². The molecule has 96 valence electrons. The summed E-state index contributed by atoms with van der Waals surface area (Å²) < 4.78 is 1.85. The lowest BCUT2D eigenvalue weighted by Gasteiger charge is -2.05. The van der Waals surface area contributed by atoms with E-state index in [1.165, 1.54) is 11.1 Å². The molecule has 0 aliphatic carbocycles. The van der Waals surface area contributed by atoms with Gasteiger partial charge in [-0.3, -0.25) is 0 Å². The highest BCUT2D eigenvalue weighted by Gasteiger charge is 2.09. The number of hydrogen-bond acceptors (Lipinski definition) is 4. The molecule has 0 saturated carbocycles. The van der Waals surface area contributed by atoms with Crippen molar-refractivity contribution in [3.05, 3.63) is 47.4 Å². The van der Waals surface area contributed by atoms with Crippen LogP contribution in [0.5, 0.6) is 0 Å². The van der Waals surface area contributed by atoms with Gasteiger partial charge in [0.1, 0.15) is 11.6 Å². The smallest absolute Gasteiger partial charge is 0.163 e. The summed E-state index contributed by atoms with van der Waals surface area (Å²) >= 11 is 0. The zero-order valence-corrected chi connectivity index (χ0v) is 11.0. The highest BCUT2D eigenvalue weighted by Crippen LogP contribution is 2.18. The number of nitrogens with two attached hydrogens (primary N) is 1. The van der Waals surface area contributed by atoms with Gasteiger partial charge in [0.15, 0.2) is 5.65 Å². The second-order valence-corrected chi connectivity index (χ2v) is 4.68. The number of fused-ring (bicyclic) bond motifs is 1. The Morgan fingerprint density at radius 1 is 1.11 bits per heavy atom. The normalized spacial score (nSPS) is 11.1. The van der Waals surface area contributed by atoms with Crippen molar-refractivity contribution >= 4 is 16.9 Å². The molecule has 1 aromatic carbocycles. The highest BCUT2D eigenvalue weighted by atomic mass is 15.3. The molecule has 0 fully saturated rings. The number of aromatic nitrogens is 4. The molecule has 0 atom stereocenters. The van der Waals surface area contributed by atoms with E-state index >= 15 is 0 Å². The van der Waals surface area contributed by atoms with Gasteiger partial charge in [-0.05, 0) is 19.4 Å². The van der Waals surface area contributed by atoms with E-state index < -0.39 is 0 Å². The summed E-state index contributed by atoms with van der Waals surface area (Å²) in [4.78, 5) is 8.57. The van der Waals surface area contributed by atoms with Crippen LogP contribution in [-0.2, 0) is 6.54 Å². The van der Waals surface area contributed by atoms with Gasteiger partial charge in [0.25, 0.3) is 0 Å². The van der Waals surface area contributed by atoms with E-state index in [1.54, 1.807) is 6.20 Å². The highest BCUT2D eigenvalue weighted by molar-refractivity contribution is 5.85. The largest absolute Gasteiger partial charge is 0.383 e. The van der Waals surface area contributed by atoms with Crippen molar-refractivity contribution in [3.8, 4) is 0 Å². The Kier molecular flexibility index (Phi) is 2.67. The number of aryl methyl sites for hydroxylation is 2. The quantitative estimate of drug-likeness (QED) is 0.759. The predicted octanol–water partition coefficient (Wildman–Crippen LogP) is 2.07. The summed E-state index contributed by atoms with van der Waals surface area (Å²) in [5, 5.41) is 5.15. The zero-order valence-electron chi connectivity index (χ0n) is 11.0. The van der Waals surface area contributed by atoms with Crippen LogP contribution in [0.15, 0.2) is 30.5 Å². The summed E-state index contributed by atoms with van der Waals surface area (Å²) in [6.07, 6.45) is 1.72. The van der Waals surface area contributed by atoms with E-state index in [-0.39, 0.29) is 0 Å². The molecule has 0 spiro atoms. The van der Waals surface area contributed by atoms with Crippen molar-refractivity contribution in [2.45, 2.75) is 20.4 Å². The Bertz CT molecular complexity index is 727. The van der Waals surface area contributed by atoms with Gasteiger partial charge in [0.05, 0.1) is 18.1 Å². The van der Waals surface area contributed by atoms with E-state index in [1.807, 2.05) is 11.6 Å². The molecule has 3 aromatic rings. The third-order valence-electron chi connectivity index (χ3n) is 3.09. The average molecular weight is 253 g/mol. The van der Waals surface area contributed by atoms with E-state index in [9.17, 15) is 0 Å². The molecule has 5 nitrogen and oxygen atoms in total. The van der Waals surface area contributed by atoms with Gasteiger partial charge in [0.2, 0.25) is 0 Å². The lowest BCUT2D eigenvalue weighted by molar-refractivity contribution is 0.702. The minimum absolute atomic E-state index is 0.484. The molecule has 2 aromatic heterocycles. The van der Waals surface area contributed by atoms with Crippen molar-refractivity contribution in [1.29, 1.82) is 0 Å². The van der Waals surface area contributed by atoms with Gasteiger partial charge in [0, 0.05) is 0 Å². The van der Waals surface area contributed by atoms with Gasteiger partial charge >= 0.3 is 0 Å². The van der Waals surface area contributed by atoms with Crippen LogP contribution in [0, 0.1) is 13.8 Å². The topological polar surface area (TPSA) is 69.6 Å². The Hall–Kier alpha value is -2.43. The average Bonchev–Trinajstić information content (AvgIpc) is 2.76. The molecule has 0 aliphatic heterocycles.